The Hall–Kier alpha value is -1.39. The molecule has 1 aliphatic carbocycles. The van der Waals surface area contributed by atoms with E-state index in [1.807, 2.05) is 0 Å². The van der Waals surface area contributed by atoms with E-state index in [1.54, 1.807) is 12.3 Å². The van der Waals surface area contributed by atoms with Crippen molar-refractivity contribution in [1.82, 2.24) is 10.3 Å². The van der Waals surface area contributed by atoms with Crippen LogP contribution in [0.2, 0.25) is 5.02 Å². The van der Waals surface area contributed by atoms with Crippen LogP contribution >= 0.6 is 11.6 Å². The van der Waals surface area contributed by atoms with Gasteiger partial charge in [0.25, 0.3) is 0 Å². The van der Waals surface area contributed by atoms with Crippen LogP contribution in [0.1, 0.15) is 18.5 Å². The lowest BCUT2D eigenvalue weighted by molar-refractivity contribution is 0.568. The maximum absolute atomic E-state index is 13.3. The molecule has 2 aromatic rings. The van der Waals surface area contributed by atoms with E-state index in [0.29, 0.717) is 24.0 Å². The number of rotatable bonds is 4. The summed E-state index contributed by atoms with van der Waals surface area (Å²) in [6.45, 7) is 0.685. The van der Waals surface area contributed by atoms with Gasteiger partial charge < -0.3 is 9.73 Å². The molecule has 18 heavy (non-hydrogen) atoms. The highest BCUT2D eigenvalue weighted by Crippen LogP contribution is 2.24. The molecule has 0 aliphatic heterocycles. The molecular weight excluding hydrogens is 255 g/mol. The summed E-state index contributed by atoms with van der Waals surface area (Å²) >= 11 is 5.63. The Kier molecular flexibility index (Phi) is 3.06. The Balaban J connectivity index is 1.76. The zero-order valence-electron chi connectivity index (χ0n) is 9.62. The van der Waals surface area contributed by atoms with Crippen molar-refractivity contribution in [2.75, 3.05) is 0 Å². The fourth-order valence-corrected chi connectivity index (χ4v) is 1.80. The van der Waals surface area contributed by atoms with Gasteiger partial charge in [-0.25, -0.2) is 9.37 Å². The quantitative estimate of drug-likeness (QED) is 0.922. The maximum atomic E-state index is 13.3. The average molecular weight is 267 g/mol. The van der Waals surface area contributed by atoms with E-state index in [0.717, 1.165) is 5.69 Å². The van der Waals surface area contributed by atoms with Gasteiger partial charge in [-0.1, -0.05) is 11.6 Å². The molecule has 0 atom stereocenters. The lowest BCUT2D eigenvalue weighted by Gasteiger charge is -1.98. The van der Waals surface area contributed by atoms with Crippen LogP contribution in [0.25, 0.3) is 11.5 Å². The van der Waals surface area contributed by atoms with Crippen LogP contribution in [0.4, 0.5) is 4.39 Å². The summed E-state index contributed by atoms with van der Waals surface area (Å²) in [5.74, 6) is -0.0526. The Morgan fingerprint density at radius 1 is 1.44 bits per heavy atom. The van der Waals surface area contributed by atoms with Crippen molar-refractivity contribution >= 4 is 11.6 Å². The van der Waals surface area contributed by atoms with E-state index in [1.165, 1.54) is 25.0 Å². The first kappa shape index (κ1) is 11.7. The van der Waals surface area contributed by atoms with Crippen molar-refractivity contribution in [2.24, 2.45) is 0 Å². The molecule has 94 valence electrons. The van der Waals surface area contributed by atoms with Gasteiger partial charge in [0.2, 0.25) is 5.89 Å². The van der Waals surface area contributed by atoms with E-state index in [4.69, 9.17) is 16.0 Å². The lowest BCUT2D eigenvalue weighted by Crippen LogP contribution is -2.15. The summed E-state index contributed by atoms with van der Waals surface area (Å²) in [5, 5.41) is 3.44. The van der Waals surface area contributed by atoms with Crippen LogP contribution in [0, 0.1) is 5.82 Å². The van der Waals surface area contributed by atoms with E-state index in [9.17, 15) is 4.39 Å². The number of hydrogen-bond acceptors (Lipinski definition) is 3. The first-order chi connectivity index (χ1) is 8.72. The third kappa shape index (κ3) is 2.54. The molecule has 5 heteroatoms. The van der Waals surface area contributed by atoms with Crippen LogP contribution in [-0.4, -0.2) is 11.0 Å². The molecule has 1 aliphatic rings. The maximum Gasteiger partial charge on any atom is 0.226 e. The number of nitrogens with one attached hydrogen (secondary N) is 1. The predicted octanol–water partition coefficient (Wildman–Crippen LogP) is 3.39. The second kappa shape index (κ2) is 4.71. The molecule has 0 bridgehead atoms. The van der Waals surface area contributed by atoms with Gasteiger partial charge >= 0.3 is 0 Å². The molecule has 3 rings (SSSR count). The standard InChI is InChI=1S/C13H12ClFN2O/c14-11-4-1-8(5-12(11)15)13-17-10(7-18-13)6-16-9-2-3-9/h1,4-5,7,9,16H,2-3,6H2. The molecule has 1 fully saturated rings. The minimum atomic E-state index is -0.468. The van der Waals surface area contributed by atoms with E-state index in [2.05, 4.69) is 10.3 Å². The molecule has 3 nitrogen and oxygen atoms in total. The number of nitrogens with zero attached hydrogens (tertiary/aromatic N) is 1. The number of oxazole rings is 1. The predicted molar refractivity (Wildman–Crippen MR) is 66.8 cm³/mol. The molecule has 1 aromatic heterocycles. The number of aromatic nitrogens is 1. The second-order valence-corrected chi connectivity index (χ2v) is 4.84. The van der Waals surface area contributed by atoms with E-state index >= 15 is 0 Å². The van der Waals surface area contributed by atoms with Crippen molar-refractivity contribution in [2.45, 2.75) is 25.4 Å². The van der Waals surface area contributed by atoms with Gasteiger partial charge in [-0.3, -0.25) is 0 Å². The van der Waals surface area contributed by atoms with E-state index in [-0.39, 0.29) is 5.02 Å². The van der Waals surface area contributed by atoms with Gasteiger partial charge in [0.1, 0.15) is 12.1 Å². The summed E-state index contributed by atoms with van der Waals surface area (Å²) < 4.78 is 18.7. The molecule has 1 N–H and O–H groups in total. The minimum absolute atomic E-state index is 0.0981. The SMILES string of the molecule is Fc1cc(-c2nc(CNC3CC3)co2)ccc1Cl. The lowest BCUT2D eigenvalue weighted by atomic mass is 10.2. The summed E-state index contributed by atoms with van der Waals surface area (Å²) in [6, 6.07) is 5.14. The second-order valence-electron chi connectivity index (χ2n) is 4.43. The summed E-state index contributed by atoms with van der Waals surface area (Å²) in [6.07, 6.45) is 4.05. The van der Waals surface area contributed by atoms with Gasteiger partial charge in [0.15, 0.2) is 0 Å². The number of hydrogen-bond donors (Lipinski definition) is 1. The number of benzene rings is 1. The molecular formula is C13H12ClFN2O. The first-order valence-electron chi connectivity index (χ1n) is 5.85. The molecule has 1 aromatic carbocycles. The normalized spacial score (nSPS) is 15.0. The topological polar surface area (TPSA) is 38.1 Å². The van der Waals surface area contributed by atoms with Crippen LogP contribution in [0.3, 0.4) is 0 Å². The highest BCUT2D eigenvalue weighted by molar-refractivity contribution is 6.30. The van der Waals surface area contributed by atoms with Crippen molar-refractivity contribution in [3.05, 3.63) is 41.0 Å². The molecule has 0 amide bonds. The fraction of sp³-hybridized carbons (Fsp3) is 0.308. The Labute approximate surface area is 109 Å². The molecule has 1 heterocycles. The van der Waals surface area contributed by atoms with Crippen LogP contribution < -0.4 is 5.32 Å². The van der Waals surface area contributed by atoms with Gasteiger partial charge in [-0.05, 0) is 31.0 Å². The largest absolute Gasteiger partial charge is 0.444 e. The van der Waals surface area contributed by atoms with Crippen molar-refractivity contribution in [3.8, 4) is 11.5 Å². The van der Waals surface area contributed by atoms with Crippen LogP contribution in [0.5, 0.6) is 0 Å². The van der Waals surface area contributed by atoms with Crippen LogP contribution in [0.15, 0.2) is 28.9 Å². The zero-order chi connectivity index (χ0) is 12.5. The van der Waals surface area contributed by atoms with Gasteiger partial charge in [0.05, 0.1) is 10.7 Å². The summed E-state index contributed by atoms with van der Waals surface area (Å²) in [4.78, 5) is 4.31. The first-order valence-corrected chi connectivity index (χ1v) is 6.23. The molecule has 1 saturated carbocycles. The molecule has 0 spiro atoms. The molecule has 0 radical (unpaired) electrons. The Bertz CT molecular complexity index is 566. The van der Waals surface area contributed by atoms with Gasteiger partial charge in [-0.15, -0.1) is 0 Å². The third-order valence-corrected chi connectivity index (χ3v) is 3.17. The van der Waals surface area contributed by atoms with Crippen LogP contribution in [-0.2, 0) is 6.54 Å². The highest BCUT2D eigenvalue weighted by atomic mass is 35.5. The summed E-state index contributed by atoms with van der Waals surface area (Å²) in [7, 11) is 0. The van der Waals surface area contributed by atoms with E-state index < -0.39 is 5.82 Å². The van der Waals surface area contributed by atoms with Crippen molar-refractivity contribution < 1.29 is 8.81 Å². The smallest absolute Gasteiger partial charge is 0.226 e. The third-order valence-electron chi connectivity index (χ3n) is 2.87. The monoisotopic (exact) mass is 266 g/mol. The average Bonchev–Trinajstić information content (AvgIpc) is 3.08. The summed E-state index contributed by atoms with van der Waals surface area (Å²) in [5.41, 5.74) is 1.42. The highest BCUT2D eigenvalue weighted by Gasteiger charge is 2.20. The van der Waals surface area contributed by atoms with Gasteiger partial charge in [0, 0.05) is 18.2 Å². The zero-order valence-corrected chi connectivity index (χ0v) is 10.4. The Morgan fingerprint density at radius 3 is 3.00 bits per heavy atom. The minimum Gasteiger partial charge on any atom is -0.444 e. The molecule has 0 unspecified atom stereocenters. The molecule has 0 saturated heterocycles. The van der Waals surface area contributed by atoms with Gasteiger partial charge in [-0.2, -0.15) is 0 Å². The van der Waals surface area contributed by atoms with Crippen molar-refractivity contribution in [3.63, 3.8) is 0 Å². The Morgan fingerprint density at radius 2 is 2.28 bits per heavy atom. The fourth-order valence-electron chi connectivity index (χ4n) is 1.69. The number of halogens is 2. The van der Waals surface area contributed by atoms with Crippen molar-refractivity contribution in [1.29, 1.82) is 0 Å².